The molecule has 0 unspecified atom stereocenters. The Hall–Kier alpha value is -0.930. The summed E-state index contributed by atoms with van der Waals surface area (Å²) < 4.78 is 1.67. The Bertz CT molecular complexity index is 170. The SMILES string of the molecule is CC.CCc1nnnn1C. The Balaban J connectivity index is 0.000000371. The third-order valence-electron chi connectivity index (χ3n) is 1.02. The highest BCUT2D eigenvalue weighted by molar-refractivity contribution is 4.75. The first-order valence-electron chi connectivity index (χ1n) is 3.56. The molecule has 0 aliphatic rings. The molecule has 58 valence electrons. The largest absolute Gasteiger partial charge is 0.233 e. The molecule has 0 spiro atoms. The summed E-state index contributed by atoms with van der Waals surface area (Å²) in [5.41, 5.74) is 0. The molecule has 0 aliphatic heterocycles. The number of aryl methyl sites for hydroxylation is 2. The molecule has 10 heavy (non-hydrogen) atoms. The number of hydrogen-bond donors (Lipinski definition) is 0. The van der Waals surface area contributed by atoms with E-state index in [9.17, 15) is 0 Å². The fourth-order valence-electron chi connectivity index (χ4n) is 0.548. The normalized spacial score (nSPS) is 8.40. The van der Waals surface area contributed by atoms with Gasteiger partial charge >= 0.3 is 0 Å². The van der Waals surface area contributed by atoms with Crippen molar-refractivity contribution in [3.8, 4) is 0 Å². The molecule has 1 aromatic heterocycles. The van der Waals surface area contributed by atoms with Crippen molar-refractivity contribution in [1.82, 2.24) is 20.2 Å². The Morgan fingerprint density at radius 1 is 1.40 bits per heavy atom. The van der Waals surface area contributed by atoms with Crippen molar-refractivity contribution in [3.05, 3.63) is 5.82 Å². The summed E-state index contributed by atoms with van der Waals surface area (Å²) in [4.78, 5) is 0. The maximum absolute atomic E-state index is 3.74. The molecule has 0 bridgehead atoms. The quantitative estimate of drug-likeness (QED) is 0.582. The van der Waals surface area contributed by atoms with Gasteiger partial charge in [0.25, 0.3) is 0 Å². The minimum absolute atomic E-state index is 0.892. The van der Waals surface area contributed by atoms with E-state index in [4.69, 9.17) is 0 Å². The van der Waals surface area contributed by atoms with Gasteiger partial charge in [0.15, 0.2) is 5.82 Å². The minimum Gasteiger partial charge on any atom is -0.233 e. The topological polar surface area (TPSA) is 43.6 Å². The van der Waals surface area contributed by atoms with Gasteiger partial charge in [0.2, 0.25) is 0 Å². The summed E-state index contributed by atoms with van der Waals surface area (Å²) in [6.45, 7) is 6.02. The van der Waals surface area contributed by atoms with Gasteiger partial charge in [-0.2, -0.15) is 0 Å². The van der Waals surface area contributed by atoms with E-state index in [1.54, 1.807) is 4.68 Å². The fourth-order valence-corrected chi connectivity index (χ4v) is 0.548. The van der Waals surface area contributed by atoms with E-state index < -0.39 is 0 Å². The molecule has 4 nitrogen and oxygen atoms in total. The van der Waals surface area contributed by atoms with Crippen LogP contribution in [0.5, 0.6) is 0 Å². The van der Waals surface area contributed by atoms with Crippen LogP contribution >= 0.6 is 0 Å². The van der Waals surface area contributed by atoms with Crippen LogP contribution in [0.25, 0.3) is 0 Å². The summed E-state index contributed by atoms with van der Waals surface area (Å²) in [5.74, 6) is 0.921. The molecule has 0 aromatic carbocycles. The van der Waals surface area contributed by atoms with E-state index in [2.05, 4.69) is 15.5 Å². The number of rotatable bonds is 1. The Morgan fingerprint density at radius 3 is 2.20 bits per heavy atom. The molecule has 0 N–H and O–H groups in total. The first kappa shape index (κ1) is 9.07. The molecule has 0 fully saturated rings. The molecular weight excluding hydrogens is 128 g/mol. The third-order valence-corrected chi connectivity index (χ3v) is 1.02. The molecule has 0 aliphatic carbocycles. The van der Waals surface area contributed by atoms with Crippen LogP contribution in [0, 0.1) is 0 Å². The van der Waals surface area contributed by atoms with Crippen molar-refractivity contribution in [1.29, 1.82) is 0 Å². The van der Waals surface area contributed by atoms with E-state index >= 15 is 0 Å². The second-order valence-corrected chi connectivity index (χ2v) is 1.57. The van der Waals surface area contributed by atoms with E-state index in [1.807, 2.05) is 27.8 Å². The molecule has 4 heteroatoms. The second kappa shape index (κ2) is 4.90. The van der Waals surface area contributed by atoms with Crippen LogP contribution in [-0.2, 0) is 13.5 Å². The predicted octanol–water partition coefficient (Wildman–Crippen LogP) is 0.799. The van der Waals surface area contributed by atoms with Crippen molar-refractivity contribution in [2.75, 3.05) is 0 Å². The molecule has 0 atom stereocenters. The number of nitrogens with zero attached hydrogens (tertiary/aromatic N) is 4. The highest BCUT2D eigenvalue weighted by Crippen LogP contribution is 1.85. The average Bonchev–Trinajstić information content (AvgIpc) is 2.39. The van der Waals surface area contributed by atoms with Crippen molar-refractivity contribution in [3.63, 3.8) is 0 Å². The van der Waals surface area contributed by atoms with Gasteiger partial charge in [-0.3, -0.25) is 0 Å². The van der Waals surface area contributed by atoms with Crippen LogP contribution in [0.15, 0.2) is 0 Å². The van der Waals surface area contributed by atoms with Crippen LogP contribution in [-0.4, -0.2) is 20.2 Å². The molecule has 1 aromatic rings. The van der Waals surface area contributed by atoms with Gasteiger partial charge in [0.1, 0.15) is 0 Å². The maximum Gasteiger partial charge on any atom is 0.150 e. The highest BCUT2D eigenvalue weighted by Gasteiger charge is 1.94. The van der Waals surface area contributed by atoms with Gasteiger partial charge in [-0.1, -0.05) is 20.8 Å². The van der Waals surface area contributed by atoms with Gasteiger partial charge < -0.3 is 0 Å². The lowest BCUT2D eigenvalue weighted by Crippen LogP contribution is -1.96. The molecule has 0 saturated carbocycles. The molecule has 0 radical (unpaired) electrons. The molecule has 0 amide bonds. The van der Waals surface area contributed by atoms with Gasteiger partial charge in [-0.15, -0.1) is 5.10 Å². The Labute approximate surface area is 61.2 Å². The van der Waals surface area contributed by atoms with Gasteiger partial charge in [-0.05, 0) is 10.4 Å². The first-order chi connectivity index (χ1) is 4.84. The molecular formula is C6H14N4. The van der Waals surface area contributed by atoms with Gasteiger partial charge in [0.05, 0.1) is 0 Å². The lowest BCUT2D eigenvalue weighted by atomic mass is 10.5. The zero-order chi connectivity index (χ0) is 7.98. The smallest absolute Gasteiger partial charge is 0.150 e. The van der Waals surface area contributed by atoms with Crippen molar-refractivity contribution in [2.45, 2.75) is 27.2 Å². The lowest BCUT2D eigenvalue weighted by molar-refractivity contribution is 0.682. The van der Waals surface area contributed by atoms with Crippen molar-refractivity contribution >= 4 is 0 Å². The van der Waals surface area contributed by atoms with Crippen LogP contribution in [0.3, 0.4) is 0 Å². The lowest BCUT2D eigenvalue weighted by Gasteiger charge is -1.87. The van der Waals surface area contributed by atoms with Crippen LogP contribution in [0.4, 0.5) is 0 Å². The molecule has 1 rings (SSSR count). The second-order valence-electron chi connectivity index (χ2n) is 1.57. The number of tetrazole rings is 1. The highest BCUT2D eigenvalue weighted by atomic mass is 15.5. The predicted molar refractivity (Wildman–Crippen MR) is 39.5 cm³/mol. The van der Waals surface area contributed by atoms with Crippen LogP contribution < -0.4 is 0 Å². The Kier molecular flexibility index (Phi) is 4.45. The molecule has 0 saturated heterocycles. The van der Waals surface area contributed by atoms with Crippen molar-refractivity contribution in [2.24, 2.45) is 7.05 Å². The van der Waals surface area contributed by atoms with Crippen molar-refractivity contribution < 1.29 is 0 Å². The zero-order valence-corrected chi connectivity index (χ0v) is 7.00. The van der Waals surface area contributed by atoms with Crippen LogP contribution in [0.1, 0.15) is 26.6 Å². The number of hydrogen-bond acceptors (Lipinski definition) is 3. The monoisotopic (exact) mass is 142 g/mol. The molecule has 1 heterocycles. The summed E-state index contributed by atoms with van der Waals surface area (Å²) in [5, 5.41) is 10.8. The van der Waals surface area contributed by atoms with Gasteiger partial charge in [0, 0.05) is 13.5 Å². The minimum atomic E-state index is 0.892. The average molecular weight is 142 g/mol. The van der Waals surface area contributed by atoms with E-state index in [0.717, 1.165) is 12.2 Å². The van der Waals surface area contributed by atoms with Gasteiger partial charge in [-0.25, -0.2) is 4.68 Å². The fraction of sp³-hybridized carbons (Fsp3) is 0.833. The Morgan fingerprint density at radius 2 is 2.00 bits per heavy atom. The van der Waals surface area contributed by atoms with Crippen LogP contribution in [0.2, 0.25) is 0 Å². The summed E-state index contributed by atoms with van der Waals surface area (Å²) >= 11 is 0. The third kappa shape index (κ3) is 2.13. The van der Waals surface area contributed by atoms with E-state index in [1.165, 1.54) is 0 Å². The summed E-state index contributed by atoms with van der Waals surface area (Å²) in [6, 6.07) is 0. The number of aromatic nitrogens is 4. The standard InChI is InChI=1S/C4H8N4.C2H6/c1-3-4-5-6-7-8(4)2;1-2/h3H2,1-2H3;1-2H3. The zero-order valence-electron chi connectivity index (χ0n) is 7.00. The van der Waals surface area contributed by atoms with E-state index in [-0.39, 0.29) is 0 Å². The summed E-state index contributed by atoms with van der Waals surface area (Å²) in [7, 11) is 1.83. The summed E-state index contributed by atoms with van der Waals surface area (Å²) in [6.07, 6.45) is 0.892. The maximum atomic E-state index is 3.74. The first-order valence-corrected chi connectivity index (χ1v) is 3.56. The van der Waals surface area contributed by atoms with E-state index in [0.29, 0.717) is 0 Å².